The molecule has 1 aromatic heterocycles. The molecule has 0 saturated carbocycles. The second-order valence-corrected chi connectivity index (χ2v) is 5.95. The van der Waals surface area contributed by atoms with Gasteiger partial charge in [0.25, 0.3) is 5.91 Å². The van der Waals surface area contributed by atoms with E-state index >= 15 is 0 Å². The third-order valence-electron chi connectivity index (χ3n) is 4.54. The quantitative estimate of drug-likeness (QED) is 0.922. The highest BCUT2D eigenvalue weighted by atomic mass is 16.3. The van der Waals surface area contributed by atoms with Gasteiger partial charge in [0.1, 0.15) is 5.69 Å². The molecule has 1 N–H and O–H groups in total. The van der Waals surface area contributed by atoms with Gasteiger partial charge in [-0.15, -0.1) is 0 Å². The number of fused-ring (bicyclic) bond motifs is 1. The molecule has 4 nitrogen and oxygen atoms in total. The Labute approximate surface area is 125 Å². The molecular formula is C17H22N2O2. The van der Waals surface area contributed by atoms with Gasteiger partial charge in [-0.1, -0.05) is 18.2 Å². The number of hydrogen-bond acceptors (Lipinski definition) is 2. The van der Waals surface area contributed by atoms with Gasteiger partial charge in [-0.25, -0.2) is 0 Å². The molecular weight excluding hydrogens is 264 g/mol. The van der Waals surface area contributed by atoms with Crippen LogP contribution in [-0.4, -0.2) is 39.2 Å². The summed E-state index contributed by atoms with van der Waals surface area (Å²) in [6.07, 6.45) is 2.49. The average molecular weight is 286 g/mol. The lowest BCUT2D eigenvalue weighted by Crippen LogP contribution is -2.49. The van der Waals surface area contributed by atoms with E-state index in [1.807, 2.05) is 46.8 Å². The molecule has 0 aliphatic carbocycles. The minimum atomic E-state index is -0.482. The summed E-state index contributed by atoms with van der Waals surface area (Å²) in [7, 11) is 1.93. The van der Waals surface area contributed by atoms with Crippen LogP contribution >= 0.6 is 0 Å². The minimum absolute atomic E-state index is 0.0271. The lowest BCUT2D eigenvalue weighted by molar-refractivity contribution is 0.0274. The predicted octanol–water partition coefficient (Wildman–Crippen LogP) is 2.55. The zero-order valence-corrected chi connectivity index (χ0v) is 12.6. The molecule has 0 radical (unpaired) electrons. The van der Waals surface area contributed by atoms with Crippen molar-refractivity contribution < 1.29 is 9.90 Å². The van der Waals surface area contributed by atoms with E-state index in [2.05, 4.69) is 0 Å². The highest BCUT2D eigenvalue weighted by Crippen LogP contribution is 2.25. The van der Waals surface area contributed by atoms with Crippen molar-refractivity contribution in [1.82, 2.24) is 9.47 Å². The zero-order chi connectivity index (χ0) is 15.0. The molecule has 1 fully saturated rings. The molecule has 1 aromatic carbocycles. The molecule has 112 valence electrons. The Morgan fingerprint density at radius 2 is 2.10 bits per heavy atom. The third-order valence-corrected chi connectivity index (χ3v) is 4.54. The molecule has 21 heavy (non-hydrogen) atoms. The molecule has 2 aromatic rings. The number of carbonyl (C=O) groups excluding carboxylic acids is 1. The normalized spacial score (nSPS) is 20.7. The molecule has 1 aliphatic heterocycles. The van der Waals surface area contributed by atoms with Crippen LogP contribution < -0.4 is 0 Å². The van der Waals surface area contributed by atoms with Crippen molar-refractivity contribution in [2.45, 2.75) is 38.3 Å². The van der Waals surface area contributed by atoms with Gasteiger partial charge in [0, 0.05) is 24.5 Å². The lowest BCUT2D eigenvalue weighted by atomic mass is 9.97. The summed E-state index contributed by atoms with van der Waals surface area (Å²) in [5.74, 6) is 0.0271. The molecule has 0 bridgehead atoms. The number of aromatic nitrogens is 1. The first kappa shape index (κ1) is 14.1. The number of aliphatic hydroxyl groups is 1. The van der Waals surface area contributed by atoms with Crippen LogP contribution in [0.15, 0.2) is 30.3 Å². The van der Waals surface area contributed by atoms with E-state index < -0.39 is 6.10 Å². The van der Waals surface area contributed by atoms with Crippen LogP contribution in [0.25, 0.3) is 10.9 Å². The number of aliphatic hydroxyl groups excluding tert-OH is 1. The Bertz CT molecular complexity index is 660. The third kappa shape index (κ3) is 2.44. The van der Waals surface area contributed by atoms with Crippen LogP contribution in [0.3, 0.4) is 0 Å². The number of rotatable bonds is 2. The molecule has 2 heterocycles. The van der Waals surface area contributed by atoms with Crippen molar-refractivity contribution in [3.8, 4) is 0 Å². The van der Waals surface area contributed by atoms with Crippen LogP contribution in [0.2, 0.25) is 0 Å². The minimum Gasteiger partial charge on any atom is -0.391 e. The number of likely N-dealkylation sites (tertiary alicyclic amines) is 1. The highest BCUT2D eigenvalue weighted by Gasteiger charge is 2.31. The van der Waals surface area contributed by atoms with Gasteiger partial charge in [0.15, 0.2) is 0 Å². The van der Waals surface area contributed by atoms with E-state index in [1.165, 1.54) is 0 Å². The molecule has 1 saturated heterocycles. The zero-order valence-electron chi connectivity index (χ0n) is 12.6. The fraction of sp³-hybridized carbons (Fsp3) is 0.471. The van der Waals surface area contributed by atoms with Crippen LogP contribution in [0.1, 0.15) is 36.7 Å². The van der Waals surface area contributed by atoms with Crippen molar-refractivity contribution in [2.24, 2.45) is 7.05 Å². The second kappa shape index (κ2) is 5.53. The van der Waals surface area contributed by atoms with Crippen molar-refractivity contribution >= 4 is 16.8 Å². The maximum absolute atomic E-state index is 12.9. The topological polar surface area (TPSA) is 45.5 Å². The Balaban J connectivity index is 1.97. The van der Waals surface area contributed by atoms with Gasteiger partial charge in [-0.3, -0.25) is 4.79 Å². The predicted molar refractivity (Wildman–Crippen MR) is 83.3 cm³/mol. The van der Waals surface area contributed by atoms with E-state index in [9.17, 15) is 9.90 Å². The molecule has 2 unspecified atom stereocenters. The monoisotopic (exact) mass is 286 g/mol. The first-order chi connectivity index (χ1) is 10.1. The number of nitrogens with zero attached hydrogens (tertiary/aromatic N) is 2. The first-order valence-corrected chi connectivity index (χ1v) is 7.63. The first-order valence-electron chi connectivity index (χ1n) is 7.63. The van der Waals surface area contributed by atoms with E-state index in [0.29, 0.717) is 5.69 Å². The molecule has 1 amide bonds. The summed E-state index contributed by atoms with van der Waals surface area (Å²) < 4.78 is 1.95. The fourth-order valence-corrected chi connectivity index (χ4v) is 3.35. The number of piperidine rings is 1. The highest BCUT2D eigenvalue weighted by molar-refractivity contribution is 5.98. The summed E-state index contributed by atoms with van der Waals surface area (Å²) in [6.45, 7) is 2.51. The molecule has 3 rings (SSSR count). The average Bonchev–Trinajstić information content (AvgIpc) is 2.84. The Morgan fingerprint density at radius 1 is 1.33 bits per heavy atom. The summed E-state index contributed by atoms with van der Waals surface area (Å²) >= 11 is 0. The molecule has 4 heteroatoms. The van der Waals surface area contributed by atoms with Crippen molar-refractivity contribution in [2.75, 3.05) is 6.54 Å². The van der Waals surface area contributed by atoms with E-state index in [1.54, 1.807) is 6.92 Å². The largest absolute Gasteiger partial charge is 0.391 e. The Morgan fingerprint density at radius 3 is 2.81 bits per heavy atom. The number of benzene rings is 1. The summed E-state index contributed by atoms with van der Waals surface area (Å²) in [5.41, 5.74) is 1.76. The Kier molecular flexibility index (Phi) is 3.72. The summed E-state index contributed by atoms with van der Waals surface area (Å²) in [4.78, 5) is 14.7. The number of carbonyl (C=O) groups is 1. The molecule has 2 atom stereocenters. The van der Waals surface area contributed by atoms with Crippen molar-refractivity contribution in [1.29, 1.82) is 0 Å². The molecule has 1 aliphatic rings. The van der Waals surface area contributed by atoms with Gasteiger partial charge in [0.05, 0.1) is 12.1 Å². The lowest BCUT2D eigenvalue weighted by Gasteiger charge is -2.37. The van der Waals surface area contributed by atoms with Crippen LogP contribution in [0.5, 0.6) is 0 Å². The van der Waals surface area contributed by atoms with Gasteiger partial charge in [-0.2, -0.15) is 0 Å². The van der Waals surface area contributed by atoms with Gasteiger partial charge in [-0.05, 0) is 38.3 Å². The number of amides is 1. The Hall–Kier alpha value is -1.81. The van der Waals surface area contributed by atoms with Crippen LogP contribution in [0, 0.1) is 0 Å². The standard InChI is InChI=1S/C17H22N2O2/c1-12(20)14-8-5-6-10-19(14)17(21)16-11-13-7-3-4-9-15(13)18(16)2/h3-4,7,9,11-12,14,20H,5-6,8,10H2,1-2H3. The van der Waals surface area contributed by atoms with E-state index in [0.717, 1.165) is 36.7 Å². The fourth-order valence-electron chi connectivity index (χ4n) is 3.35. The molecule has 0 spiro atoms. The number of para-hydroxylation sites is 1. The van der Waals surface area contributed by atoms with Crippen LogP contribution in [0.4, 0.5) is 0 Å². The maximum Gasteiger partial charge on any atom is 0.270 e. The van der Waals surface area contributed by atoms with Crippen molar-refractivity contribution in [3.05, 3.63) is 36.0 Å². The SMILES string of the molecule is CC(O)C1CCCCN1C(=O)c1cc2ccccc2n1C. The van der Waals surface area contributed by atoms with E-state index in [-0.39, 0.29) is 11.9 Å². The van der Waals surface area contributed by atoms with Gasteiger partial charge < -0.3 is 14.6 Å². The van der Waals surface area contributed by atoms with E-state index in [4.69, 9.17) is 0 Å². The second-order valence-electron chi connectivity index (χ2n) is 5.95. The summed E-state index contributed by atoms with van der Waals surface area (Å²) in [6, 6.07) is 9.89. The van der Waals surface area contributed by atoms with Gasteiger partial charge >= 0.3 is 0 Å². The number of aryl methyl sites for hydroxylation is 1. The summed E-state index contributed by atoms with van der Waals surface area (Å²) in [5, 5.41) is 11.0. The van der Waals surface area contributed by atoms with Crippen LogP contribution in [-0.2, 0) is 7.05 Å². The van der Waals surface area contributed by atoms with Gasteiger partial charge in [0.2, 0.25) is 0 Å². The smallest absolute Gasteiger partial charge is 0.270 e. The maximum atomic E-state index is 12.9. The van der Waals surface area contributed by atoms with Crippen molar-refractivity contribution in [3.63, 3.8) is 0 Å². The number of hydrogen-bond donors (Lipinski definition) is 1.